The van der Waals surface area contributed by atoms with Crippen molar-refractivity contribution >= 4 is 11.3 Å². The first-order valence-corrected chi connectivity index (χ1v) is 10.9. The van der Waals surface area contributed by atoms with Gasteiger partial charge >= 0.3 is 0 Å². The standard InChI is InChI=1S/C25H31NO8/c1-25(2)33-23-20(16(28)12-27)32-22(24(23)34-25)19(13-7-6-8-15(26)9-13)14-10-17(29-3)21(31-5)18(11-14)30-4/h6-11,16,20,23-24,27-28H,12,26H2,1-5H3/b22-19+/t16-,20+,23-,24+/m1/s1. The van der Waals surface area contributed by atoms with Crippen molar-refractivity contribution < 1.29 is 38.6 Å². The molecule has 0 radical (unpaired) electrons. The minimum Gasteiger partial charge on any atom is -0.493 e. The molecule has 2 aromatic carbocycles. The van der Waals surface area contributed by atoms with Crippen molar-refractivity contribution in [1.82, 2.24) is 0 Å². The molecule has 34 heavy (non-hydrogen) atoms. The number of rotatable bonds is 7. The topological polar surface area (TPSA) is 122 Å². The number of fused-ring (bicyclic) bond motifs is 1. The molecule has 0 bridgehead atoms. The number of aliphatic hydroxyl groups is 2. The van der Waals surface area contributed by atoms with Crippen LogP contribution in [0, 0.1) is 0 Å². The number of nitrogen functional groups attached to an aromatic ring is 1. The summed E-state index contributed by atoms with van der Waals surface area (Å²) in [6, 6.07) is 11.0. The van der Waals surface area contributed by atoms with Gasteiger partial charge in [-0.05, 0) is 49.2 Å². The second-order valence-electron chi connectivity index (χ2n) is 8.63. The lowest BCUT2D eigenvalue weighted by Crippen LogP contribution is -2.40. The zero-order valence-corrected chi connectivity index (χ0v) is 19.9. The average molecular weight is 474 g/mol. The van der Waals surface area contributed by atoms with Crippen LogP contribution < -0.4 is 19.9 Å². The molecule has 4 atom stereocenters. The molecular weight excluding hydrogens is 442 g/mol. The molecule has 4 rings (SSSR count). The fourth-order valence-corrected chi connectivity index (χ4v) is 4.49. The Morgan fingerprint density at radius 3 is 2.26 bits per heavy atom. The monoisotopic (exact) mass is 473 g/mol. The summed E-state index contributed by atoms with van der Waals surface area (Å²) >= 11 is 0. The van der Waals surface area contributed by atoms with Crippen LogP contribution in [-0.2, 0) is 14.2 Å². The van der Waals surface area contributed by atoms with E-state index in [9.17, 15) is 10.2 Å². The summed E-state index contributed by atoms with van der Waals surface area (Å²) < 4.78 is 35.1. The molecule has 2 aliphatic heterocycles. The van der Waals surface area contributed by atoms with Crippen LogP contribution in [0.4, 0.5) is 5.69 Å². The lowest BCUT2D eigenvalue weighted by molar-refractivity contribution is -0.176. The molecular formula is C25H31NO8. The van der Waals surface area contributed by atoms with E-state index in [2.05, 4.69) is 0 Å². The Hall–Kier alpha value is -2.98. The van der Waals surface area contributed by atoms with Crippen molar-refractivity contribution in [2.75, 3.05) is 33.7 Å². The van der Waals surface area contributed by atoms with Gasteiger partial charge in [-0.25, -0.2) is 0 Å². The van der Waals surface area contributed by atoms with E-state index >= 15 is 0 Å². The van der Waals surface area contributed by atoms with Crippen molar-refractivity contribution in [2.24, 2.45) is 0 Å². The SMILES string of the molecule is COc1cc(/C(=C2/O[C@@H]([C@H](O)CO)[C@H]3OC(C)(C)O[C@@H]23)c2cccc(N)c2)cc(OC)c1OC. The first-order valence-electron chi connectivity index (χ1n) is 10.9. The van der Waals surface area contributed by atoms with Crippen LogP contribution >= 0.6 is 0 Å². The summed E-state index contributed by atoms with van der Waals surface area (Å²) in [6.07, 6.45) is -3.24. The fourth-order valence-electron chi connectivity index (χ4n) is 4.49. The minimum absolute atomic E-state index is 0.450. The number of aliphatic hydroxyl groups excluding tert-OH is 2. The van der Waals surface area contributed by atoms with Gasteiger partial charge in [-0.3, -0.25) is 0 Å². The number of nitrogens with two attached hydrogens (primary N) is 1. The van der Waals surface area contributed by atoms with Gasteiger partial charge in [-0.1, -0.05) is 12.1 Å². The summed E-state index contributed by atoms with van der Waals surface area (Å²) in [5.74, 6) is 0.918. The third-order valence-corrected chi connectivity index (χ3v) is 5.92. The zero-order valence-electron chi connectivity index (χ0n) is 19.9. The van der Waals surface area contributed by atoms with E-state index in [1.165, 1.54) is 7.11 Å². The Labute approximate surface area is 198 Å². The summed E-state index contributed by atoms with van der Waals surface area (Å²) in [5.41, 5.74) is 8.80. The highest BCUT2D eigenvalue weighted by Crippen LogP contribution is 2.48. The molecule has 2 fully saturated rings. The maximum absolute atomic E-state index is 10.5. The fraction of sp³-hybridized carbons (Fsp3) is 0.440. The van der Waals surface area contributed by atoms with Crippen molar-refractivity contribution in [3.05, 3.63) is 53.3 Å². The van der Waals surface area contributed by atoms with Crippen LogP contribution in [-0.4, -0.2) is 68.4 Å². The third-order valence-electron chi connectivity index (χ3n) is 5.92. The van der Waals surface area contributed by atoms with Crippen LogP contribution in [0.2, 0.25) is 0 Å². The average Bonchev–Trinajstić information content (AvgIpc) is 3.31. The molecule has 0 unspecified atom stereocenters. The van der Waals surface area contributed by atoms with Gasteiger partial charge in [0.1, 0.15) is 24.1 Å². The first-order chi connectivity index (χ1) is 16.2. The second kappa shape index (κ2) is 9.34. The molecule has 2 heterocycles. The molecule has 0 amide bonds. The van der Waals surface area contributed by atoms with E-state index in [1.807, 2.05) is 30.3 Å². The molecule has 2 aromatic rings. The molecule has 0 saturated carbocycles. The van der Waals surface area contributed by atoms with Crippen molar-refractivity contribution in [3.63, 3.8) is 0 Å². The maximum Gasteiger partial charge on any atom is 0.203 e. The summed E-state index contributed by atoms with van der Waals surface area (Å²) in [4.78, 5) is 0. The molecule has 0 spiro atoms. The molecule has 2 saturated heterocycles. The smallest absolute Gasteiger partial charge is 0.203 e. The highest BCUT2D eigenvalue weighted by molar-refractivity contribution is 5.85. The van der Waals surface area contributed by atoms with E-state index in [4.69, 9.17) is 34.2 Å². The quantitative estimate of drug-likeness (QED) is 0.520. The Morgan fingerprint density at radius 2 is 1.71 bits per heavy atom. The third kappa shape index (κ3) is 4.27. The second-order valence-corrected chi connectivity index (χ2v) is 8.63. The van der Waals surface area contributed by atoms with Crippen LogP contribution in [0.25, 0.3) is 5.57 Å². The van der Waals surface area contributed by atoms with E-state index in [0.717, 1.165) is 5.56 Å². The number of ether oxygens (including phenoxy) is 6. The number of benzene rings is 2. The van der Waals surface area contributed by atoms with Gasteiger partial charge in [-0.2, -0.15) is 0 Å². The van der Waals surface area contributed by atoms with Gasteiger partial charge in [0, 0.05) is 11.3 Å². The Morgan fingerprint density at radius 1 is 1.03 bits per heavy atom. The van der Waals surface area contributed by atoms with Gasteiger partial charge in [0.15, 0.2) is 23.4 Å². The lowest BCUT2D eigenvalue weighted by Gasteiger charge is -2.25. The minimum atomic E-state index is -1.16. The summed E-state index contributed by atoms with van der Waals surface area (Å²) in [6.45, 7) is 3.11. The molecule has 9 heteroatoms. The molecule has 4 N–H and O–H groups in total. The number of anilines is 1. The lowest BCUT2D eigenvalue weighted by atomic mass is 9.93. The highest BCUT2D eigenvalue weighted by Gasteiger charge is 2.56. The molecule has 2 aliphatic rings. The van der Waals surface area contributed by atoms with Gasteiger partial charge in [-0.15, -0.1) is 0 Å². The van der Waals surface area contributed by atoms with E-state index in [-0.39, 0.29) is 0 Å². The number of hydrogen-bond acceptors (Lipinski definition) is 9. The number of methoxy groups -OCH3 is 3. The highest BCUT2D eigenvalue weighted by atomic mass is 16.8. The van der Waals surface area contributed by atoms with Gasteiger partial charge < -0.3 is 44.4 Å². The van der Waals surface area contributed by atoms with Crippen LogP contribution in [0.1, 0.15) is 25.0 Å². The number of hydrogen-bond donors (Lipinski definition) is 3. The Balaban J connectivity index is 1.98. The summed E-state index contributed by atoms with van der Waals surface area (Å²) in [5, 5.41) is 20.1. The van der Waals surface area contributed by atoms with Crippen LogP contribution in [0.5, 0.6) is 17.2 Å². The van der Waals surface area contributed by atoms with E-state index < -0.39 is 36.8 Å². The van der Waals surface area contributed by atoms with Gasteiger partial charge in [0.05, 0.1) is 27.9 Å². The molecule has 184 valence electrons. The van der Waals surface area contributed by atoms with Crippen LogP contribution in [0.3, 0.4) is 0 Å². The molecule has 0 aromatic heterocycles. The predicted octanol–water partition coefficient (Wildman–Crippen LogP) is 2.33. The van der Waals surface area contributed by atoms with Crippen molar-refractivity contribution in [2.45, 2.75) is 44.1 Å². The predicted molar refractivity (Wildman–Crippen MR) is 125 cm³/mol. The largest absolute Gasteiger partial charge is 0.493 e. The van der Waals surface area contributed by atoms with Gasteiger partial charge in [0.2, 0.25) is 5.75 Å². The maximum atomic E-state index is 10.5. The molecule has 9 nitrogen and oxygen atoms in total. The first kappa shape index (κ1) is 24.2. The zero-order chi connectivity index (χ0) is 24.6. The van der Waals surface area contributed by atoms with Gasteiger partial charge in [0.25, 0.3) is 0 Å². The van der Waals surface area contributed by atoms with Crippen molar-refractivity contribution in [3.8, 4) is 17.2 Å². The Kier molecular flexibility index (Phi) is 6.64. The van der Waals surface area contributed by atoms with E-state index in [1.54, 1.807) is 34.1 Å². The Bertz CT molecular complexity index is 1060. The van der Waals surface area contributed by atoms with Crippen LogP contribution in [0.15, 0.2) is 42.2 Å². The molecule has 0 aliphatic carbocycles. The van der Waals surface area contributed by atoms with E-state index in [0.29, 0.717) is 39.8 Å². The summed E-state index contributed by atoms with van der Waals surface area (Å²) in [7, 11) is 4.62. The normalized spacial score (nSPS) is 25.3. The van der Waals surface area contributed by atoms with Crippen molar-refractivity contribution in [1.29, 1.82) is 0 Å².